The molecule has 0 saturated heterocycles. The molecule has 0 fully saturated rings. The van der Waals surface area contributed by atoms with Gasteiger partial charge in [0.25, 0.3) is 5.92 Å². The lowest BCUT2D eigenvalue weighted by Gasteiger charge is -2.18. The molecule has 2 aromatic carbocycles. The van der Waals surface area contributed by atoms with Gasteiger partial charge in [-0.05, 0) is 65.8 Å². The molecular formula is C24H25ClF2O4. The molecule has 7 heteroatoms. The third-order valence-corrected chi connectivity index (χ3v) is 5.49. The molecule has 4 nitrogen and oxygen atoms in total. The molecule has 0 amide bonds. The highest BCUT2D eigenvalue weighted by molar-refractivity contribution is 6.30. The van der Waals surface area contributed by atoms with Crippen molar-refractivity contribution in [3.8, 4) is 5.75 Å². The van der Waals surface area contributed by atoms with E-state index >= 15 is 0 Å². The van der Waals surface area contributed by atoms with Crippen molar-refractivity contribution in [3.63, 3.8) is 0 Å². The highest BCUT2D eigenvalue weighted by atomic mass is 35.5. The zero-order valence-electron chi connectivity index (χ0n) is 17.3. The number of hydrogen-bond acceptors (Lipinski definition) is 3. The first-order valence-corrected chi connectivity index (χ1v) is 10.5. The highest BCUT2D eigenvalue weighted by Gasteiger charge is 2.28. The molecule has 1 heterocycles. The fraction of sp³-hybridized carbons (Fsp3) is 0.375. The van der Waals surface area contributed by atoms with Crippen molar-refractivity contribution >= 4 is 23.1 Å². The number of carbonyl (C=O) groups is 1. The monoisotopic (exact) mass is 450 g/mol. The minimum atomic E-state index is -3.10. The smallest absolute Gasteiger partial charge is 0.303 e. The van der Waals surface area contributed by atoms with E-state index in [4.69, 9.17) is 26.2 Å². The number of alkyl halides is 2. The third kappa shape index (κ3) is 6.52. The summed E-state index contributed by atoms with van der Waals surface area (Å²) >= 11 is 6.01. The summed E-state index contributed by atoms with van der Waals surface area (Å²) in [6.07, 6.45) is 1.25. The second-order valence-electron chi connectivity index (χ2n) is 7.59. The number of carboxylic acids is 1. The number of ether oxygens (including phenoxy) is 2. The van der Waals surface area contributed by atoms with Gasteiger partial charge in [-0.25, -0.2) is 8.78 Å². The summed E-state index contributed by atoms with van der Waals surface area (Å²) in [6, 6.07) is 12.0. The zero-order valence-corrected chi connectivity index (χ0v) is 18.1. The van der Waals surface area contributed by atoms with E-state index in [1.165, 1.54) is 12.1 Å². The Hall–Kier alpha value is -2.44. The molecule has 1 aliphatic heterocycles. The average Bonchev–Trinajstić information content (AvgIpc) is 2.96. The van der Waals surface area contributed by atoms with Crippen LogP contribution in [-0.2, 0) is 21.9 Å². The molecule has 0 bridgehead atoms. The van der Waals surface area contributed by atoms with Crippen LogP contribution in [0.5, 0.6) is 5.75 Å². The number of aryl methyl sites for hydroxylation is 1. The van der Waals surface area contributed by atoms with Gasteiger partial charge in [0.05, 0.1) is 13.2 Å². The van der Waals surface area contributed by atoms with E-state index in [1.54, 1.807) is 6.07 Å². The maximum Gasteiger partial charge on any atom is 0.303 e. The van der Waals surface area contributed by atoms with Crippen LogP contribution in [0.1, 0.15) is 42.9 Å². The molecule has 0 radical (unpaired) electrons. The summed E-state index contributed by atoms with van der Waals surface area (Å²) in [5.41, 5.74) is 3.32. The predicted molar refractivity (Wildman–Crippen MR) is 116 cm³/mol. The van der Waals surface area contributed by atoms with Crippen LogP contribution in [0.2, 0.25) is 5.02 Å². The van der Waals surface area contributed by atoms with Crippen molar-refractivity contribution in [2.75, 3.05) is 19.8 Å². The molecule has 0 unspecified atom stereocenters. The van der Waals surface area contributed by atoms with E-state index in [-0.39, 0.29) is 25.0 Å². The fourth-order valence-electron chi connectivity index (χ4n) is 3.64. The standard InChI is InChI=1S/C24H25ClF2O4/c1-24(26,27)22-14-20(8-4-17(22)5-9-23(28)29)31-15-18-10-12-30-13-11-21(18)16-2-6-19(25)7-3-16/h2-4,6-8,14H,5,9-13,15H2,1H3,(H,28,29). The average molecular weight is 451 g/mol. The van der Waals surface area contributed by atoms with E-state index in [0.717, 1.165) is 30.1 Å². The molecule has 31 heavy (non-hydrogen) atoms. The lowest BCUT2D eigenvalue weighted by molar-refractivity contribution is -0.137. The van der Waals surface area contributed by atoms with Crippen LogP contribution in [-0.4, -0.2) is 30.9 Å². The summed E-state index contributed by atoms with van der Waals surface area (Å²) in [6.45, 7) is 2.23. The SMILES string of the molecule is CC(F)(F)c1cc(OCC2=C(c3ccc(Cl)cc3)CCOCC2)ccc1CCC(=O)O. The highest BCUT2D eigenvalue weighted by Crippen LogP contribution is 2.34. The Kier molecular flexibility index (Phi) is 7.68. The molecule has 0 spiro atoms. The normalized spacial score (nSPS) is 15.0. The van der Waals surface area contributed by atoms with Crippen molar-refractivity contribution in [1.29, 1.82) is 0 Å². The number of hydrogen-bond donors (Lipinski definition) is 1. The van der Waals surface area contributed by atoms with E-state index in [9.17, 15) is 13.6 Å². The van der Waals surface area contributed by atoms with Gasteiger partial charge in [0.2, 0.25) is 0 Å². The van der Waals surface area contributed by atoms with Crippen LogP contribution < -0.4 is 4.74 Å². The van der Waals surface area contributed by atoms with Crippen molar-refractivity contribution in [1.82, 2.24) is 0 Å². The Balaban J connectivity index is 1.83. The Labute approximate surface area is 185 Å². The largest absolute Gasteiger partial charge is 0.489 e. The summed E-state index contributed by atoms with van der Waals surface area (Å²) in [7, 11) is 0. The Morgan fingerprint density at radius 1 is 1.16 bits per heavy atom. The lowest BCUT2D eigenvalue weighted by atomic mass is 9.96. The minimum Gasteiger partial charge on any atom is -0.489 e. The van der Waals surface area contributed by atoms with Gasteiger partial charge in [-0.2, -0.15) is 0 Å². The van der Waals surface area contributed by atoms with Crippen LogP contribution >= 0.6 is 11.6 Å². The molecule has 1 N–H and O–H groups in total. The number of halogens is 3. The summed E-state index contributed by atoms with van der Waals surface area (Å²) < 4.78 is 39.8. The van der Waals surface area contributed by atoms with Crippen molar-refractivity contribution in [2.45, 2.75) is 38.5 Å². The van der Waals surface area contributed by atoms with Crippen molar-refractivity contribution < 1.29 is 28.2 Å². The molecular weight excluding hydrogens is 426 g/mol. The van der Waals surface area contributed by atoms with Crippen molar-refractivity contribution in [2.24, 2.45) is 0 Å². The zero-order chi connectivity index (χ0) is 22.4. The number of benzene rings is 2. The molecule has 0 saturated carbocycles. The lowest BCUT2D eigenvalue weighted by Crippen LogP contribution is -2.13. The first-order valence-electron chi connectivity index (χ1n) is 10.1. The first kappa shape index (κ1) is 23.2. The summed E-state index contributed by atoms with van der Waals surface area (Å²) in [4.78, 5) is 10.8. The molecule has 0 aromatic heterocycles. The van der Waals surface area contributed by atoms with Gasteiger partial charge in [0.15, 0.2) is 0 Å². The van der Waals surface area contributed by atoms with Crippen LogP contribution in [0.3, 0.4) is 0 Å². The Morgan fingerprint density at radius 3 is 2.55 bits per heavy atom. The van der Waals surface area contributed by atoms with Gasteiger partial charge in [0, 0.05) is 23.9 Å². The van der Waals surface area contributed by atoms with E-state index < -0.39 is 11.9 Å². The number of carboxylic acid groups (broad SMARTS) is 1. The van der Waals surface area contributed by atoms with Crippen molar-refractivity contribution in [3.05, 3.63) is 69.8 Å². The Morgan fingerprint density at radius 2 is 1.87 bits per heavy atom. The van der Waals surface area contributed by atoms with Gasteiger partial charge in [-0.1, -0.05) is 29.8 Å². The van der Waals surface area contributed by atoms with Crippen LogP contribution in [0.4, 0.5) is 8.78 Å². The maximum atomic E-state index is 14.1. The van der Waals surface area contributed by atoms with Gasteiger partial charge in [-0.3, -0.25) is 4.79 Å². The quantitative estimate of drug-likeness (QED) is 0.527. The minimum absolute atomic E-state index is 0.0393. The fourth-order valence-corrected chi connectivity index (χ4v) is 3.77. The van der Waals surface area contributed by atoms with E-state index in [2.05, 4.69) is 0 Å². The molecule has 0 atom stereocenters. The maximum absolute atomic E-state index is 14.1. The van der Waals surface area contributed by atoms with Gasteiger partial charge in [0.1, 0.15) is 12.4 Å². The predicted octanol–water partition coefficient (Wildman–Crippen LogP) is 6.11. The molecule has 166 valence electrons. The third-order valence-electron chi connectivity index (χ3n) is 5.24. The molecule has 1 aliphatic rings. The number of aliphatic carboxylic acids is 1. The second kappa shape index (κ2) is 10.2. The topological polar surface area (TPSA) is 55.8 Å². The van der Waals surface area contributed by atoms with E-state index in [1.807, 2.05) is 24.3 Å². The molecule has 0 aliphatic carbocycles. The second-order valence-corrected chi connectivity index (χ2v) is 8.03. The van der Waals surface area contributed by atoms with Gasteiger partial charge >= 0.3 is 5.97 Å². The first-order chi connectivity index (χ1) is 14.7. The summed E-state index contributed by atoms with van der Waals surface area (Å²) in [5, 5.41) is 9.53. The molecule has 3 rings (SSSR count). The number of rotatable bonds is 8. The van der Waals surface area contributed by atoms with Gasteiger partial charge in [-0.15, -0.1) is 0 Å². The van der Waals surface area contributed by atoms with Crippen LogP contribution in [0.15, 0.2) is 48.0 Å². The molecule has 2 aromatic rings. The summed E-state index contributed by atoms with van der Waals surface area (Å²) in [5.74, 6) is -3.80. The van der Waals surface area contributed by atoms with Gasteiger partial charge < -0.3 is 14.6 Å². The van der Waals surface area contributed by atoms with Crippen LogP contribution in [0, 0.1) is 0 Å². The Bertz CT molecular complexity index is 949. The van der Waals surface area contributed by atoms with Crippen LogP contribution in [0.25, 0.3) is 5.57 Å². The van der Waals surface area contributed by atoms with E-state index in [0.29, 0.717) is 36.0 Å².